The molecule has 0 aliphatic carbocycles. The highest BCUT2D eigenvalue weighted by molar-refractivity contribution is 5.14. The lowest BCUT2D eigenvalue weighted by Gasteiger charge is -1.89. The predicted molar refractivity (Wildman–Crippen MR) is 262 cm³/mol. The number of benzene rings is 1. The van der Waals surface area contributed by atoms with E-state index >= 15 is 0 Å². The van der Waals surface area contributed by atoms with Crippen LogP contribution in [0.15, 0.2) is 178 Å². The van der Waals surface area contributed by atoms with Gasteiger partial charge in [0.1, 0.15) is 12.7 Å². The summed E-state index contributed by atoms with van der Waals surface area (Å²) in [5, 5.41) is 7.55. The second-order valence-electron chi connectivity index (χ2n) is 13.2. The summed E-state index contributed by atoms with van der Waals surface area (Å²) in [6.07, 6.45) is 32.8. The smallest absolute Gasteiger partial charge is 0.115 e. The monoisotopic (exact) mass is 860 g/mol. The average molecular weight is 860 g/mol. The molecule has 11 heteroatoms. The van der Waals surface area contributed by atoms with Gasteiger partial charge in [-0.1, -0.05) is 97.9 Å². The fourth-order valence-corrected chi connectivity index (χ4v) is 4.62. The molecular formula is C53H69N11. The Morgan fingerprint density at radius 1 is 0.281 bits per heavy atom. The zero-order valence-electron chi connectivity index (χ0n) is 39.3. The summed E-state index contributed by atoms with van der Waals surface area (Å²) in [5.41, 5.74) is 9.60. The molecule has 8 aromatic rings. The van der Waals surface area contributed by atoms with E-state index in [1.165, 1.54) is 22.3 Å². The number of aryl methyl sites for hydroxylation is 8. The number of hydrogen-bond donors (Lipinski definition) is 0. The summed E-state index contributed by atoms with van der Waals surface area (Å²) in [4.78, 5) is 35.3. The van der Waals surface area contributed by atoms with E-state index in [4.69, 9.17) is 0 Å². The molecule has 0 fully saturated rings. The van der Waals surface area contributed by atoms with Crippen molar-refractivity contribution in [2.75, 3.05) is 0 Å². The van der Waals surface area contributed by atoms with Crippen molar-refractivity contribution < 1.29 is 0 Å². The minimum absolute atomic E-state index is 0.966. The summed E-state index contributed by atoms with van der Waals surface area (Å²) >= 11 is 0. The third-order valence-electron chi connectivity index (χ3n) is 8.62. The normalized spacial score (nSPS) is 9.12. The molecule has 0 unspecified atom stereocenters. The molecule has 0 radical (unpaired) electrons. The zero-order valence-corrected chi connectivity index (χ0v) is 39.3. The van der Waals surface area contributed by atoms with Crippen molar-refractivity contribution in [1.82, 2.24) is 55.1 Å². The Hall–Kier alpha value is -7.01. The van der Waals surface area contributed by atoms with Gasteiger partial charge in [0.2, 0.25) is 0 Å². The Balaban J connectivity index is 0.000000366. The van der Waals surface area contributed by atoms with Crippen LogP contribution in [0.25, 0.3) is 0 Å². The molecule has 1 aromatic carbocycles. The Bertz CT molecular complexity index is 1650. The van der Waals surface area contributed by atoms with Crippen LogP contribution in [0.4, 0.5) is 0 Å². The van der Waals surface area contributed by atoms with E-state index < -0.39 is 0 Å². The Kier molecular flexibility index (Phi) is 34.5. The van der Waals surface area contributed by atoms with E-state index in [9.17, 15) is 0 Å². The van der Waals surface area contributed by atoms with E-state index in [0.717, 1.165) is 74.1 Å². The Labute approximate surface area is 383 Å². The summed E-state index contributed by atoms with van der Waals surface area (Å²) < 4.78 is 0. The molecule has 7 heterocycles. The second-order valence-corrected chi connectivity index (χ2v) is 13.2. The van der Waals surface area contributed by atoms with Gasteiger partial charge in [-0.2, -0.15) is 10.2 Å². The number of hydrogen-bond acceptors (Lipinski definition) is 11. The summed E-state index contributed by atoms with van der Waals surface area (Å²) in [5.74, 6) is 0. The number of pyridine rings is 3. The highest BCUT2D eigenvalue weighted by Gasteiger charge is 1.87. The third-order valence-corrected chi connectivity index (χ3v) is 8.62. The van der Waals surface area contributed by atoms with Crippen molar-refractivity contribution in [3.8, 4) is 0 Å². The van der Waals surface area contributed by atoms with Crippen LogP contribution in [0.1, 0.15) is 100 Å². The van der Waals surface area contributed by atoms with E-state index in [1.54, 1.807) is 49.8 Å². The number of rotatable bonds is 8. The fourth-order valence-electron chi connectivity index (χ4n) is 4.62. The van der Waals surface area contributed by atoms with Gasteiger partial charge in [-0.3, -0.25) is 24.9 Å². The van der Waals surface area contributed by atoms with Gasteiger partial charge in [0.15, 0.2) is 0 Å². The van der Waals surface area contributed by atoms with Gasteiger partial charge in [-0.15, -0.1) is 0 Å². The molecule has 0 bridgehead atoms. The van der Waals surface area contributed by atoms with Crippen LogP contribution in [-0.4, -0.2) is 55.1 Å². The molecule has 0 saturated heterocycles. The van der Waals surface area contributed by atoms with Crippen molar-refractivity contribution in [1.29, 1.82) is 0 Å². The van der Waals surface area contributed by atoms with Gasteiger partial charge in [-0.25, -0.2) is 19.9 Å². The Morgan fingerprint density at radius 2 is 0.812 bits per heavy atom. The largest absolute Gasteiger partial charge is 0.265 e. The predicted octanol–water partition coefficient (Wildman–Crippen LogP) is 11.3. The van der Waals surface area contributed by atoms with E-state index in [-0.39, 0.29) is 0 Å². The molecule has 0 saturated carbocycles. The van der Waals surface area contributed by atoms with Crippen molar-refractivity contribution in [2.24, 2.45) is 0 Å². The number of nitrogens with zero attached hydrogens (tertiary/aromatic N) is 11. The van der Waals surface area contributed by atoms with Gasteiger partial charge >= 0.3 is 0 Å². The first-order valence-electron chi connectivity index (χ1n) is 22.2. The SMILES string of the molecule is CCc1ccccc1.CCc1ccccn1.CCc1cccnc1.CCc1cccnn1.CCc1ccncc1.CCc1ccncn1.CCc1cnccn1.CCc1cncnc1. The summed E-state index contributed by atoms with van der Waals surface area (Å²) in [6, 6.07) is 30.3. The topological polar surface area (TPSA) is 142 Å². The molecule has 8 rings (SSSR count). The number of aromatic nitrogens is 11. The fraction of sp³-hybridized carbons (Fsp3) is 0.302. The molecule has 0 aliphatic heterocycles. The summed E-state index contributed by atoms with van der Waals surface area (Å²) in [6.45, 7) is 16.8. The summed E-state index contributed by atoms with van der Waals surface area (Å²) in [7, 11) is 0. The molecule has 0 amide bonds. The van der Waals surface area contributed by atoms with Crippen molar-refractivity contribution in [2.45, 2.75) is 107 Å². The lowest BCUT2D eigenvalue weighted by molar-refractivity contribution is 0.919. The maximum atomic E-state index is 4.10. The maximum absolute atomic E-state index is 4.10. The van der Waals surface area contributed by atoms with Crippen LogP contribution >= 0.6 is 0 Å². The van der Waals surface area contributed by atoms with Gasteiger partial charge in [-0.05, 0) is 122 Å². The first-order chi connectivity index (χ1) is 31.5. The lowest BCUT2D eigenvalue weighted by atomic mass is 10.2. The van der Waals surface area contributed by atoms with E-state index in [1.807, 2.05) is 97.8 Å². The van der Waals surface area contributed by atoms with Crippen LogP contribution in [0.2, 0.25) is 0 Å². The Morgan fingerprint density at radius 3 is 1.19 bits per heavy atom. The second kappa shape index (κ2) is 40.1. The van der Waals surface area contributed by atoms with Crippen molar-refractivity contribution in [3.05, 3.63) is 223 Å². The quantitative estimate of drug-likeness (QED) is 0.144. The van der Waals surface area contributed by atoms with Crippen LogP contribution in [0.5, 0.6) is 0 Å². The molecule has 64 heavy (non-hydrogen) atoms. The lowest BCUT2D eigenvalue weighted by Crippen LogP contribution is -1.86. The van der Waals surface area contributed by atoms with Gasteiger partial charge in [0, 0.05) is 85.7 Å². The van der Waals surface area contributed by atoms with Gasteiger partial charge in [0.25, 0.3) is 0 Å². The molecule has 0 atom stereocenters. The molecule has 336 valence electrons. The highest BCUT2D eigenvalue weighted by Crippen LogP contribution is 1.98. The van der Waals surface area contributed by atoms with E-state index in [2.05, 4.69) is 141 Å². The minimum atomic E-state index is 0.966. The minimum Gasteiger partial charge on any atom is -0.265 e. The average Bonchev–Trinajstić information content (AvgIpc) is 3.41. The van der Waals surface area contributed by atoms with Gasteiger partial charge < -0.3 is 0 Å². The highest BCUT2D eigenvalue weighted by atomic mass is 15.1. The molecule has 0 aliphatic rings. The third kappa shape index (κ3) is 30.1. The molecule has 0 N–H and O–H groups in total. The van der Waals surface area contributed by atoms with Crippen LogP contribution in [0, 0.1) is 0 Å². The van der Waals surface area contributed by atoms with Crippen LogP contribution in [-0.2, 0) is 51.4 Å². The standard InChI is InChI=1S/C8H10.3C7H9N.4C6H8N2/c1-2-8-6-4-3-5-7-8;1-2-7-3-5-8-6-4-7;1-2-7-4-3-5-8-6-7;1-2-7-5-3-4-6-8-7;1-2-6-3-7-5-8-4-6;1-2-6-5-7-3-4-8-6;1-2-6-3-4-7-5-8-6;1-2-6-4-3-5-7-8-6/h3-7H,2H2,1H3;3*3-6H,2H2,1H3;4*3-5H,2H2,1H3. The van der Waals surface area contributed by atoms with Gasteiger partial charge in [0.05, 0.1) is 11.4 Å². The van der Waals surface area contributed by atoms with Crippen LogP contribution in [0.3, 0.4) is 0 Å². The van der Waals surface area contributed by atoms with Crippen molar-refractivity contribution in [3.63, 3.8) is 0 Å². The van der Waals surface area contributed by atoms with E-state index in [0.29, 0.717) is 0 Å². The zero-order chi connectivity index (χ0) is 46.6. The molecule has 7 aromatic heterocycles. The van der Waals surface area contributed by atoms with Crippen molar-refractivity contribution >= 4 is 0 Å². The first-order valence-corrected chi connectivity index (χ1v) is 22.2. The first kappa shape index (κ1) is 55.0. The maximum Gasteiger partial charge on any atom is 0.115 e. The van der Waals surface area contributed by atoms with Crippen LogP contribution < -0.4 is 0 Å². The molecular weight excluding hydrogens is 791 g/mol. The molecule has 0 spiro atoms. The molecule has 11 nitrogen and oxygen atoms in total.